The summed E-state index contributed by atoms with van der Waals surface area (Å²) in [5, 5.41) is 0. The van der Waals surface area contributed by atoms with Crippen molar-refractivity contribution in [2.75, 3.05) is 0 Å². The van der Waals surface area contributed by atoms with Crippen molar-refractivity contribution in [3.05, 3.63) is 142 Å². The largest absolute Gasteiger partial charge is 0.0834 e. The van der Waals surface area contributed by atoms with Crippen LogP contribution < -0.4 is 0 Å². The number of allylic oxidation sites excluding steroid dienone is 24. The Bertz CT molecular complexity index is 1260. The maximum atomic E-state index is 2.37. The molecule has 0 bridgehead atoms. The molecular weight excluding hydrogens is 480 g/mol. The summed E-state index contributed by atoms with van der Waals surface area (Å²) < 4.78 is 0. The SMILES string of the molecule is CC1=C(/C=C/C(C)=C/C=C/C(C)=C/C=C/C=C(C)\C=C\C=C(C)\C=C\C2=C(C)CCCC2(C)C)C(C)(C)CC=C1. The minimum atomic E-state index is 0.204. The van der Waals surface area contributed by atoms with E-state index >= 15 is 0 Å². The predicted molar refractivity (Wildman–Crippen MR) is 181 cm³/mol. The van der Waals surface area contributed by atoms with Gasteiger partial charge >= 0.3 is 0 Å². The van der Waals surface area contributed by atoms with Crippen LogP contribution in [0.1, 0.15) is 94.9 Å². The summed E-state index contributed by atoms with van der Waals surface area (Å²) in [6.07, 6.45) is 40.0. The number of hydrogen-bond donors (Lipinski definition) is 0. The molecule has 2 aliphatic rings. The van der Waals surface area contributed by atoms with Crippen LogP contribution in [0.4, 0.5) is 0 Å². The first-order chi connectivity index (χ1) is 18.8. The van der Waals surface area contributed by atoms with E-state index in [4.69, 9.17) is 0 Å². The molecule has 0 heterocycles. The fourth-order valence-corrected chi connectivity index (χ4v) is 5.40. The van der Waals surface area contributed by atoms with Crippen molar-refractivity contribution < 1.29 is 0 Å². The number of hydrogen-bond acceptors (Lipinski definition) is 0. The molecule has 0 aromatic rings. The first-order valence-electron chi connectivity index (χ1n) is 15.0. The van der Waals surface area contributed by atoms with Gasteiger partial charge in [0.15, 0.2) is 0 Å². The van der Waals surface area contributed by atoms with Crippen molar-refractivity contribution in [1.29, 1.82) is 0 Å². The molecular formula is C40H54. The Balaban J connectivity index is 1.89. The lowest BCUT2D eigenvalue weighted by Gasteiger charge is -2.32. The van der Waals surface area contributed by atoms with Gasteiger partial charge < -0.3 is 0 Å². The molecule has 0 amide bonds. The van der Waals surface area contributed by atoms with Gasteiger partial charge in [0.25, 0.3) is 0 Å². The summed E-state index contributed by atoms with van der Waals surface area (Å²) in [4.78, 5) is 0. The molecule has 0 unspecified atom stereocenters. The predicted octanol–water partition coefficient (Wildman–Crippen LogP) is 12.4. The van der Waals surface area contributed by atoms with E-state index in [1.807, 2.05) is 0 Å². The standard InChI is InChI=1S/C40H54/c1-31(19-13-21-33(3)25-27-37-35(5)23-15-29-39(37,7)8)17-11-12-18-32(2)20-14-22-34(4)26-28-38-36(6)24-16-30-40(38,9)10/h11-15,17-23,25-28H,16,24,29-30H2,1-10H3/b12-11+,19-13+,20-14+,27-25+,28-26+,31-17+,32-18-,33-21+,34-22+. The Morgan fingerprint density at radius 1 is 0.625 bits per heavy atom. The Labute approximate surface area is 247 Å². The third-order valence-electron chi connectivity index (χ3n) is 7.98. The van der Waals surface area contributed by atoms with Crippen LogP contribution in [0.5, 0.6) is 0 Å². The van der Waals surface area contributed by atoms with E-state index in [-0.39, 0.29) is 10.8 Å². The van der Waals surface area contributed by atoms with Gasteiger partial charge in [-0.1, -0.05) is 153 Å². The Morgan fingerprint density at radius 3 is 1.60 bits per heavy atom. The highest BCUT2D eigenvalue weighted by molar-refractivity contribution is 5.42. The molecule has 0 saturated carbocycles. The third-order valence-corrected chi connectivity index (χ3v) is 7.98. The Morgan fingerprint density at radius 2 is 1.10 bits per heavy atom. The van der Waals surface area contributed by atoms with Crippen molar-refractivity contribution in [3.63, 3.8) is 0 Å². The van der Waals surface area contributed by atoms with Crippen LogP contribution in [0.2, 0.25) is 0 Å². The molecule has 0 aliphatic heterocycles. The summed E-state index contributed by atoms with van der Waals surface area (Å²) in [6, 6.07) is 0. The molecule has 2 rings (SSSR count). The van der Waals surface area contributed by atoms with E-state index in [0.717, 1.165) is 6.42 Å². The molecule has 0 fully saturated rings. The van der Waals surface area contributed by atoms with Crippen LogP contribution in [0.15, 0.2) is 142 Å². The first kappa shape index (κ1) is 33.1. The zero-order chi connectivity index (χ0) is 29.8. The van der Waals surface area contributed by atoms with Gasteiger partial charge in [0.1, 0.15) is 0 Å². The van der Waals surface area contributed by atoms with Gasteiger partial charge in [-0.25, -0.2) is 0 Å². The quantitative estimate of drug-likeness (QED) is 0.244. The lowest BCUT2D eigenvalue weighted by molar-refractivity contribution is 0.377. The molecule has 0 aromatic heterocycles. The van der Waals surface area contributed by atoms with Gasteiger partial charge in [0, 0.05) is 0 Å². The van der Waals surface area contributed by atoms with E-state index in [1.54, 1.807) is 5.57 Å². The summed E-state index contributed by atoms with van der Waals surface area (Å²) in [7, 11) is 0. The molecule has 40 heavy (non-hydrogen) atoms. The zero-order valence-corrected chi connectivity index (χ0v) is 27.1. The van der Waals surface area contributed by atoms with Crippen LogP contribution in [0, 0.1) is 10.8 Å². The highest BCUT2D eigenvalue weighted by Gasteiger charge is 2.26. The fourth-order valence-electron chi connectivity index (χ4n) is 5.40. The van der Waals surface area contributed by atoms with E-state index in [2.05, 4.69) is 166 Å². The van der Waals surface area contributed by atoms with E-state index in [1.165, 1.54) is 58.3 Å². The van der Waals surface area contributed by atoms with Crippen molar-refractivity contribution in [3.8, 4) is 0 Å². The van der Waals surface area contributed by atoms with Gasteiger partial charge in [-0.3, -0.25) is 0 Å². The van der Waals surface area contributed by atoms with Crippen LogP contribution in [-0.2, 0) is 0 Å². The maximum Gasteiger partial charge on any atom is -0.00664 e. The third kappa shape index (κ3) is 11.2. The second-order valence-corrected chi connectivity index (χ2v) is 12.9. The maximum absolute atomic E-state index is 2.37. The average molecular weight is 535 g/mol. The van der Waals surface area contributed by atoms with Crippen LogP contribution in [-0.4, -0.2) is 0 Å². The Kier molecular flexibility index (Phi) is 12.9. The van der Waals surface area contributed by atoms with E-state index < -0.39 is 0 Å². The normalized spacial score (nSPS) is 21.6. The highest BCUT2D eigenvalue weighted by atomic mass is 14.3. The minimum absolute atomic E-state index is 0.204. The molecule has 0 atom stereocenters. The van der Waals surface area contributed by atoms with Crippen molar-refractivity contribution in [2.24, 2.45) is 10.8 Å². The molecule has 0 aromatic carbocycles. The monoisotopic (exact) mass is 534 g/mol. The van der Waals surface area contributed by atoms with Gasteiger partial charge in [-0.2, -0.15) is 0 Å². The molecule has 0 saturated heterocycles. The summed E-state index contributed by atoms with van der Waals surface area (Å²) in [5.41, 5.74) is 11.3. The number of rotatable bonds is 10. The van der Waals surface area contributed by atoms with Crippen molar-refractivity contribution in [2.45, 2.75) is 94.9 Å². The average Bonchev–Trinajstić information content (AvgIpc) is 2.85. The smallest absolute Gasteiger partial charge is 0.00664 e. The highest BCUT2D eigenvalue weighted by Crippen LogP contribution is 2.41. The van der Waals surface area contributed by atoms with E-state index in [9.17, 15) is 0 Å². The van der Waals surface area contributed by atoms with E-state index in [0.29, 0.717) is 0 Å². The lowest BCUT2D eigenvalue weighted by atomic mass is 9.72. The summed E-state index contributed by atoms with van der Waals surface area (Å²) in [5.74, 6) is 0. The second-order valence-electron chi connectivity index (χ2n) is 12.9. The zero-order valence-electron chi connectivity index (χ0n) is 27.1. The van der Waals surface area contributed by atoms with Gasteiger partial charge in [0.2, 0.25) is 0 Å². The summed E-state index contributed by atoms with van der Waals surface area (Å²) in [6.45, 7) is 22.5. The lowest BCUT2D eigenvalue weighted by Crippen LogP contribution is -2.19. The van der Waals surface area contributed by atoms with Crippen LogP contribution >= 0.6 is 0 Å². The molecule has 214 valence electrons. The van der Waals surface area contributed by atoms with Gasteiger partial charge in [0.05, 0.1) is 0 Å². The van der Waals surface area contributed by atoms with Crippen molar-refractivity contribution in [1.82, 2.24) is 0 Å². The van der Waals surface area contributed by atoms with Crippen LogP contribution in [0.3, 0.4) is 0 Å². The molecule has 0 radical (unpaired) electrons. The second kappa shape index (κ2) is 15.6. The van der Waals surface area contributed by atoms with Gasteiger partial charge in [-0.15, -0.1) is 0 Å². The molecule has 0 N–H and O–H groups in total. The molecule has 0 nitrogen and oxygen atoms in total. The fraction of sp³-hybridized carbons (Fsp3) is 0.400. The topological polar surface area (TPSA) is 0 Å². The summed E-state index contributed by atoms with van der Waals surface area (Å²) >= 11 is 0. The molecule has 2 aliphatic carbocycles. The Hall–Kier alpha value is -3.12. The van der Waals surface area contributed by atoms with Gasteiger partial charge in [-0.05, 0) is 94.8 Å². The molecule has 0 heteroatoms. The minimum Gasteiger partial charge on any atom is -0.0834 e. The molecule has 0 spiro atoms. The van der Waals surface area contributed by atoms with Crippen molar-refractivity contribution >= 4 is 0 Å². The first-order valence-corrected chi connectivity index (χ1v) is 15.0. The van der Waals surface area contributed by atoms with Crippen LogP contribution in [0.25, 0.3) is 0 Å².